The van der Waals surface area contributed by atoms with Gasteiger partial charge in [0.1, 0.15) is 0 Å². The van der Waals surface area contributed by atoms with Crippen LogP contribution in [-0.2, 0) is 11.2 Å². The van der Waals surface area contributed by atoms with Crippen LogP contribution in [0.5, 0.6) is 0 Å². The van der Waals surface area contributed by atoms with Gasteiger partial charge in [-0.15, -0.1) is 0 Å². The van der Waals surface area contributed by atoms with E-state index in [1.54, 1.807) is 0 Å². The zero-order valence-corrected chi connectivity index (χ0v) is 12.7. The summed E-state index contributed by atoms with van der Waals surface area (Å²) in [6.45, 7) is 1.11. The Hall–Kier alpha value is -1.65. The van der Waals surface area contributed by atoms with Crippen molar-refractivity contribution in [3.05, 3.63) is 64.6 Å². The molecule has 1 amide bonds. The number of nitrogens with one attached hydrogen (secondary N) is 2. The van der Waals surface area contributed by atoms with E-state index in [0.29, 0.717) is 6.54 Å². The van der Waals surface area contributed by atoms with Crippen LogP contribution in [0, 0.1) is 0 Å². The number of hydrogen-bond acceptors (Lipinski definition) is 2. The highest BCUT2D eigenvalue weighted by Gasteiger charge is 2.01. The van der Waals surface area contributed by atoms with Crippen LogP contribution in [-0.4, -0.2) is 19.0 Å². The third-order valence-electron chi connectivity index (χ3n) is 2.85. The second-order valence-electron chi connectivity index (χ2n) is 4.47. The first kappa shape index (κ1) is 14.8. The second kappa shape index (κ2) is 7.82. The van der Waals surface area contributed by atoms with Crippen LogP contribution in [0.2, 0.25) is 0 Å². The van der Waals surface area contributed by atoms with E-state index < -0.39 is 0 Å². The number of hydrogen-bond donors (Lipinski definition) is 2. The molecule has 20 heavy (non-hydrogen) atoms. The third kappa shape index (κ3) is 5.15. The molecule has 2 aromatic rings. The van der Waals surface area contributed by atoms with Gasteiger partial charge in [0.15, 0.2) is 0 Å². The van der Waals surface area contributed by atoms with E-state index in [1.165, 1.54) is 5.56 Å². The highest BCUT2D eigenvalue weighted by molar-refractivity contribution is 9.10. The second-order valence-corrected chi connectivity index (χ2v) is 5.38. The van der Waals surface area contributed by atoms with E-state index in [1.807, 2.05) is 42.5 Å². The fraction of sp³-hybridized carbons (Fsp3) is 0.188. The lowest BCUT2D eigenvalue weighted by atomic mass is 10.1. The van der Waals surface area contributed by atoms with Gasteiger partial charge in [0.2, 0.25) is 5.91 Å². The number of halogens is 1. The third-order valence-corrected chi connectivity index (χ3v) is 3.38. The Labute approximate surface area is 127 Å². The van der Waals surface area contributed by atoms with Crippen molar-refractivity contribution in [3.63, 3.8) is 0 Å². The SMILES string of the molecule is O=C(CNCCc1ccccc1)Nc1ccc(Br)cc1. The molecule has 2 N–H and O–H groups in total. The Kier molecular flexibility index (Phi) is 5.77. The van der Waals surface area contributed by atoms with Gasteiger partial charge in [-0.1, -0.05) is 46.3 Å². The maximum Gasteiger partial charge on any atom is 0.238 e. The van der Waals surface area contributed by atoms with Crippen molar-refractivity contribution in [2.24, 2.45) is 0 Å². The van der Waals surface area contributed by atoms with E-state index in [-0.39, 0.29) is 5.91 Å². The van der Waals surface area contributed by atoms with E-state index in [2.05, 4.69) is 38.7 Å². The van der Waals surface area contributed by atoms with Crippen LogP contribution < -0.4 is 10.6 Å². The van der Waals surface area contributed by atoms with Crippen molar-refractivity contribution in [1.82, 2.24) is 5.32 Å². The van der Waals surface area contributed by atoms with Gasteiger partial charge in [-0.25, -0.2) is 0 Å². The molecule has 104 valence electrons. The summed E-state index contributed by atoms with van der Waals surface area (Å²) in [7, 11) is 0. The molecular weight excluding hydrogens is 316 g/mol. The summed E-state index contributed by atoms with van der Waals surface area (Å²) in [6.07, 6.45) is 0.923. The lowest BCUT2D eigenvalue weighted by Crippen LogP contribution is -2.29. The van der Waals surface area contributed by atoms with Gasteiger partial charge in [-0.3, -0.25) is 4.79 Å². The van der Waals surface area contributed by atoms with Gasteiger partial charge in [-0.2, -0.15) is 0 Å². The zero-order chi connectivity index (χ0) is 14.2. The number of carbonyl (C=O) groups is 1. The minimum Gasteiger partial charge on any atom is -0.325 e. The molecule has 0 fully saturated rings. The lowest BCUT2D eigenvalue weighted by molar-refractivity contribution is -0.115. The Bertz CT molecular complexity index is 540. The molecule has 2 aromatic carbocycles. The van der Waals surface area contributed by atoms with Crippen molar-refractivity contribution in [2.45, 2.75) is 6.42 Å². The highest BCUT2D eigenvalue weighted by atomic mass is 79.9. The molecule has 0 atom stereocenters. The van der Waals surface area contributed by atoms with Crippen LogP contribution >= 0.6 is 15.9 Å². The Morgan fingerprint density at radius 3 is 2.40 bits per heavy atom. The molecule has 0 aliphatic rings. The number of amides is 1. The van der Waals surface area contributed by atoms with E-state index >= 15 is 0 Å². The minimum absolute atomic E-state index is 0.0274. The smallest absolute Gasteiger partial charge is 0.238 e. The van der Waals surface area contributed by atoms with Gasteiger partial charge in [0.25, 0.3) is 0 Å². The Morgan fingerprint density at radius 2 is 1.70 bits per heavy atom. The molecule has 0 bridgehead atoms. The fourth-order valence-corrected chi connectivity index (χ4v) is 2.08. The molecule has 0 aliphatic carbocycles. The molecule has 0 spiro atoms. The molecule has 0 saturated carbocycles. The number of rotatable bonds is 6. The van der Waals surface area contributed by atoms with Crippen molar-refractivity contribution < 1.29 is 4.79 Å². The Balaban J connectivity index is 1.66. The molecule has 0 heterocycles. The summed E-state index contributed by atoms with van der Waals surface area (Å²) in [5.74, 6) is -0.0274. The van der Waals surface area contributed by atoms with E-state index in [0.717, 1.165) is 23.1 Å². The lowest BCUT2D eigenvalue weighted by Gasteiger charge is -2.07. The quantitative estimate of drug-likeness (QED) is 0.797. The van der Waals surface area contributed by atoms with Gasteiger partial charge in [-0.05, 0) is 42.8 Å². The first-order valence-corrected chi connectivity index (χ1v) is 7.33. The highest BCUT2D eigenvalue weighted by Crippen LogP contribution is 2.13. The summed E-state index contributed by atoms with van der Waals surface area (Å²) >= 11 is 3.36. The van der Waals surface area contributed by atoms with Crippen LogP contribution in [0.25, 0.3) is 0 Å². The molecule has 0 unspecified atom stereocenters. The molecule has 0 aromatic heterocycles. The zero-order valence-electron chi connectivity index (χ0n) is 11.1. The summed E-state index contributed by atoms with van der Waals surface area (Å²) in [5.41, 5.74) is 2.08. The van der Waals surface area contributed by atoms with Crippen molar-refractivity contribution in [2.75, 3.05) is 18.4 Å². The van der Waals surface area contributed by atoms with Gasteiger partial charge in [0.05, 0.1) is 6.54 Å². The molecule has 3 nitrogen and oxygen atoms in total. The normalized spacial score (nSPS) is 10.2. The van der Waals surface area contributed by atoms with Crippen LogP contribution in [0.4, 0.5) is 5.69 Å². The maximum atomic E-state index is 11.7. The minimum atomic E-state index is -0.0274. The summed E-state index contributed by atoms with van der Waals surface area (Å²) < 4.78 is 0.997. The predicted molar refractivity (Wildman–Crippen MR) is 85.8 cm³/mol. The number of carbonyl (C=O) groups excluding carboxylic acids is 1. The average molecular weight is 333 g/mol. The van der Waals surface area contributed by atoms with Crippen LogP contribution in [0.3, 0.4) is 0 Å². The van der Waals surface area contributed by atoms with Gasteiger partial charge >= 0.3 is 0 Å². The first-order chi connectivity index (χ1) is 9.74. The van der Waals surface area contributed by atoms with Gasteiger partial charge in [0, 0.05) is 10.2 Å². The molecule has 0 aliphatic heterocycles. The standard InChI is InChI=1S/C16H17BrN2O/c17-14-6-8-15(9-7-14)19-16(20)12-18-11-10-13-4-2-1-3-5-13/h1-9,18H,10-12H2,(H,19,20). The molecule has 4 heteroatoms. The fourth-order valence-electron chi connectivity index (χ4n) is 1.82. The van der Waals surface area contributed by atoms with Crippen molar-refractivity contribution in [3.8, 4) is 0 Å². The summed E-state index contributed by atoms with van der Waals surface area (Å²) in [5, 5.41) is 5.99. The number of benzene rings is 2. The van der Waals surface area contributed by atoms with Gasteiger partial charge < -0.3 is 10.6 Å². The molecular formula is C16H17BrN2O. The first-order valence-electron chi connectivity index (χ1n) is 6.54. The van der Waals surface area contributed by atoms with Crippen LogP contribution in [0.15, 0.2) is 59.1 Å². The largest absolute Gasteiger partial charge is 0.325 e. The molecule has 0 saturated heterocycles. The summed E-state index contributed by atoms with van der Waals surface area (Å²) in [4.78, 5) is 11.7. The van der Waals surface area contributed by atoms with Crippen molar-refractivity contribution in [1.29, 1.82) is 0 Å². The molecule has 2 rings (SSSR count). The monoisotopic (exact) mass is 332 g/mol. The van der Waals surface area contributed by atoms with Crippen LogP contribution in [0.1, 0.15) is 5.56 Å². The number of anilines is 1. The van der Waals surface area contributed by atoms with E-state index in [9.17, 15) is 4.79 Å². The predicted octanol–water partition coefficient (Wildman–Crippen LogP) is 3.22. The Morgan fingerprint density at radius 1 is 1.00 bits per heavy atom. The maximum absolute atomic E-state index is 11.7. The summed E-state index contributed by atoms with van der Waals surface area (Å²) in [6, 6.07) is 17.8. The topological polar surface area (TPSA) is 41.1 Å². The van der Waals surface area contributed by atoms with Crippen molar-refractivity contribution >= 4 is 27.5 Å². The molecule has 0 radical (unpaired) electrons. The average Bonchev–Trinajstić information content (AvgIpc) is 2.47. The van der Waals surface area contributed by atoms with E-state index in [4.69, 9.17) is 0 Å².